The molecule has 0 aromatic heterocycles. The van der Waals surface area contributed by atoms with E-state index in [9.17, 15) is 18.3 Å². The summed E-state index contributed by atoms with van der Waals surface area (Å²) in [6, 6.07) is 17.6. The van der Waals surface area contributed by atoms with E-state index < -0.39 is 17.9 Å². The molecule has 0 spiro atoms. The van der Waals surface area contributed by atoms with Crippen LogP contribution in [0.25, 0.3) is 0 Å². The van der Waals surface area contributed by atoms with Gasteiger partial charge in [-0.2, -0.15) is 13.2 Å². The second-order valence-corrected chi connectivity index (χ2v) is 8.21. The number of phenolic OH excluding ortho intramolecular Hbond substituents is 1. The summed E-state index contributed by atoms with van der Waals surface area (Å²) in [6.45, 7) is 2.08. The van der Waals surface area contributed by atoms with E-state index in [1.165, 1.54) is 23.8 Å². The Morgan fingerprint density at radius 3 is 2.34 bits per heavy atom. The van der Waals surface area contributed by atoms with Gasteiger partial charge in [0.1, 0.15) is 11.9 Å². The lowest BCUT2D eigenvalue weighted by Crippen LogP contribution is -2.33. The van der Waals surface area contributed by atoms with Gasteiger partial charge in [-0.3, -0.25) is 10.3 Å². The molecular formula is C25H22ClF3N2O. The van der Waals surface area contributed by atoms with Crippen LogP contribution >= 0.6 is 11.6 Å². The van der Waals surface area contributed by atoms with Gasteiger partial charge in [-0.25, -0.2) is 0 Å². The zero-order valence-corrected chi connectivity index (χ0v) is 18.1. The average molecular weight is 459 g/mol. The van der Waals surface area contributed by atoms with E-state index in [4.69, 9.17) is 16.6 Å². The van der Waals surface area contributed by atoms with E-state index in [0.29, 0.717) is 22.6 Å². The van der Waals surface area contributed by atoms with Crippen molar-refractivity contribution in [2.45, 2.75) is 38.1 Å². The van der Waals surface area contributed by atoms with Crippen molar-refractivity contribution in [3.8, 4) is 5.75 Å². The normalized spacial score (nSPS) is 19.0. The van der Waals surface area contributed by atoms with Gasteiger partial charge in [0, 0.05) is 28.8 Å². The Labute approximate surface area is 189 Å². The molecular weight excluding hydrogens is 437 g/mol. The predicted molar refractivity (Wildman–Crippen MR) is 120 cm³/mol. The molecule has 1 aliphatic heterocycles. The van der Waals surface area contributed by atoms with E-state index in [-0.39, 0.29) is 11.8 Å². The zero-order valence-electron chi connectivity index (χ0n) is 17.3. The highest BCUT2D eigenvalue weighted by atomic mass is 35.5. The van der Waals surface area contributed by atoms with Crippen LogP contribution in [-0.4, -0.2) is 10.8 Å². The zero-order chi connectivity index (χ0) is 22.9. The summed E-state index contributed by atoms with van der Waals surface area (Å²) >= 11 is 6.16. The SMILES string of the molecule is CCc1ccc(C2=N[C@@H](c3ccc(C(F)(F)F)cc3)N[C@H](c3cc(Cl)ccc3O)C2)cc1. The van der Waals surface area contributed by atoms with Gasteiger partial charge in [0.15, 0.2) is 0 Å². The summed E-state index contributed by atoms with van der Waals surface area (Å²) in [6.07, 6.45) is -3.56. The van der Waals surface area contributed by atoms with E-state index in [0.717, 1.165) is 29.8 Å². The van der Waals surface area contributed by atoms with Crippen LogP contribution in [0.5, 0.6) is 5.75 Å². The Morgan fingerprint density at radius 2 is 1.72 bits per heavy atom. The smallest absolute Gasteiger partial charge is 0.416 e. The number of alkyl halides is 3. The van der Waals surface area contributed by atoms with E-state index in [1.807, 2.05) is 24.3 Å². The summed E-state index contributed by atoms with van der Waals surface area (Å²) in [5.41, 5.74) is 3.46. The molecule has 4 rings (SSSR count). The van der Waals surface area contributed by atoms with Crippen LogP contribution in [0.2, 0.25) is 5.02 Å². The van der Waals surface area contributed by atoms with Gasteiger partial charge < -0.3 is 5.11 Å². The lowest BCUT2D eigenvalue weighted by Gasteiger charge is -2.31. The third-order valence-electron chi connectivity index (χ3n) is 5.66. The van der Waals surface area contributed by atoms with Gasteiger partial charge in [0.05, 0.1) is 5.56 Å². The second-order valence-electron chi connectivity index (χ2n) is 7.78. The molecule has 3 aromatic carbocycles. The summed E-state index contributed by atoms with van der Waals surface area (Å²) in [4.78, 5) is 4.81. The van der Waals surface area contributed by atoms with Crippen molar-refractivity contribution in [3.05, 3.63) is 99.6 Å². The Balaban J connectivity index is 1.73. The topological polar surface area (TPSA) is 44.6 Å². The average Bonchev–Trinajstić information content (AvgIpc) is 2.80. The van der Waals surface area contributed by atoms with Crippen molar-refractivity contribution in [1.82, 2.24) is 5.32 Å². The molecule has 0 fully saturated rings. The number of halogens is 4. The first kappa shape index (κ1) is 22.4. The van der Waals surface area contributed by atoms with Crippen LogP contribution in [0.15, 0.2) is 71.7 Å². The van der Waals surface area contributed by atoms with Gasteiger partial charge >= 0.3 is 6.18 Å². The number of hydrogen-bond acceptors (Lipinski definition) is 3. The molecule has 1 heterocycles. The van der Waals surface area contributed by atoms with Gasteiger partial charge in [-0.15, -0.1) is 0 Å². The number of aromatic hydroxyl groups is 1. The summed E-state index contributed by atoms with van der Waals surface area (Å²) in [5.74, 6) is 0.0978. The van der Waals surface area contributed by atoms with Crippen LogP contribution in [0.1, 0.15) is 53.4 Å². The Hall–Kier alpha value is -2.83. The maximum absolute atomic E-state index is 13.0. The Morgan fingerprint density at radius 1 is 1.03 bits per heavy atom. The molecule has 3 aromatic rings. The minimum Gasteiger partial charge on any atom is -0.508 e. The number of nitrogens with one attached hydrogen (secondary N) is 1. The second kappa shape index (κ2) is 8.96. The highest BCUT2D eigenvalue weighted by Crippen LogP contribution is 2.36. The molecule has 0 aliphatic carbocycles. The molecule has 7 heteroatoms. The number of benzene rings is 3. The van der Waals surface area contributed by atoms with Gasteiger partial charge in [0.25, 0.3) is 0 Å². The summed E-state index contributed by atoms with van der Waals surface area (Å²) < 4.78 is 39.0. The third kappa shape index (κ3) is 4.81. The first-order valence-electron chi connectivity index (χ1n) is 10.3. The van der Waals surface area contributed by atoms with Crippen molar-refractivity contribution < 1.29 is 18.3 Å². The maximum Gasteiger partial charge on any atom is 0.416 e. The summed E-state index contributed by atoms with van der Waals surface area (Å²) in [5, 5.41) is 14.3. The van der Waals surface area contributed by atoms with E-state index >= 15 is 0 Å². The standard InChI is InChI=1S/C25H22ClF3N2O/c1-2-15-3-5-16(6-4-15)21-14-22(20-13-19(26)11-12-23(20)32)31-24(30-21)17-7-9-18(10-8-17)25(27,28)29/h3-13,22,24,31-32H,2,14H2,1H3/t22-,24+/m0/s1. The lowest BCUT2D eigenvalue weighted by molar-refractivity contribution is -0.137. The van der Waals surface area contributed by atoms with Crippen molar-refractivity contribution in [2.75, 3.05) is 0 Å². The predicted octanol–water partition coefficient (Wildman–Crippen LogP) is 6.85. The van der Waals surface area contributed by atoms with Crippen LogP contribution in [0.3, 0.4) is 0 Å². The van der Waals surface area contributed by atoms with Crippen LogP contribution in [0, 0.1) is 0 Å². The Kier molecular flexibility index (Phi) is 6.26. The number of rotatable bonds is 4. The lowest BCUT2D eigenvalue weighted by atomic mass is 9.93. The van der Waals surface area contributed by atoms with Crippen LogP contribution in [-0.2, 0) is 12.6 Å². The van der Waals surface area contributed by atoms with E-state index in [2.05, 4.69) is 12.2 Å². The molecule has 32 heavy (non-hydrogen) atoms. The quantitative estimate of drug-likeness (QED) is 0.449. The molecule has 0 saturated heterocycles. The fourth-order valence-electron chi connectivity index (χ4n) is 3.84. The maximum atomic E-state index is 13.0. The summed E-state index contributed by atoms with van der Waals surface area (Å²) in [7, 11) is 0. The van der Waals surface area contributed by atoms with Gasteiger partial charge in [-0.05, 0) is 53.4 Å². The highest BCUT2D eigenvalue weighted by molar-refractivity contribution is 6.30. The molecule has 0 bridgehead atoms. The van der Waals surface area contributed by atoms with Crippen LogP contribution < -0.4 is 5.32 Å². The van der Waals surface area contributed by atoms with Crippen molar-refractivity contribution in [2.24, 2.45) is 4.99 Å². The largest absolute Gasteiger partial charge is 0.508 e. The molecule has 0 saturated carbocycles. The number of hydrogen-bond donors (Lipinski definition) is 2. The van der Waals surface area contributed by atoms with Crippen LogP contribution in [0.4, 0.5) is 13.2 Å². The van der Waals surface area contributed by atoms with Crippen molar-refractivity contribution in [1.29, 1.82) is 0 Å². The monoisotopic (exact) mass is 458 g/mol. The first-order valence-corrected chi connectivity index (χ1v) is 10.7. The minimum absolute atomic E-state index is 0.0978. The van der Waals surface area contributed by atoms with Crippen molar-refractivity contribution >= 4 is 17.3 Å². The number of aryl methyl sites for hydroxylation is 1. The third-order valence-corrected chi connectivity index (χ3v) is 5.89. The number of nitrogens with zero attached hydrogens (tertiary/aromatic N) is 1. The Bertz CT molecular complexity index is 1130. The van der Waals surface area contributed by atoms with Gasteiger partial charge in [-0.1, -0.05) is 54.9 Å². The molecule has 3 nitrogen and oxygen atoms in total. The van der Waals surface area contributed by atoms with Gasteiger partial charge in [0.2, 0.25) is 0 Å². The molecule has 0 unspecified atom stereocenters. The fraction of sp³-hybridized carbons (Fsp3) is 0.240. The molecule has 1 aliphatic rings. The number of phenols is 1. The van der Waals surface area contributed by atoms with E-state index in [1.54, 1.807) is 12.1 Å². The van der Waals surface area contributed by atoms with Crippen molar-refractivity contribution in [3.63, 3.8) is 0 Å². The minimum atomic E-state index is -4.40. The fourth-order valence-corrected chi connectivity index (χ4v) is 4.02. The highest BCUT2D eigenvalue weighted by Gasteiger charge is 2.31. The first-order chi connectivity index (χ1) is 15.2. The molecule has 0 amide bonds. The molecule has 166 valence electrons. The number of aliphatic imine (C=N–C) groups is 1. The molecule has 0 radical (unpaired) electrons. The molecule has 2 N–H and O–H groups in total. The molecule has 2 atom stereocenters.